The molecule has 0 atom stereocenters. The van der Waals surface area contributed by atoms with Crippen LogP contribution < -0.4 is 10.6 Å². The van der Waals surface area contributed by atoms with Crippen LogP contribution in [0.2, 0.25) is 0 Å². The Morgan fingerprint density at radius 1 is 0.875 bits per heavy atom. The Balaban J connectivity index is 1.49. The van der Waals surface area contributed by atoms with E-state index < -0.39 is 0 Å². The van der Waals surface area contributed by atoms with Crippen molar-refractivity contribution in [1.82, 2.24) is 15.6 Å². The van der Waals surface area contributed by atoms with Crippen LogP contribution in [0.25, 0.3) is 17.0 Å². The highest BCUT2D eigenvalue weighted by atomic mass is 16.2. The molecule has 32 heavy (non-hydrogen) atoms. The molecule has 1 aromatic heterocycles. The molecule has 4 aromatic rings. The summed E-state index contributed by atoms with van der Waals surface area (Å²) in [7, 11) is 0. The van der Waals surface area contributed by atoms with Crippen LogP contribution in [-0.2, 0) is 11.2 Å². The van der Waals surface area contributed by atoms with Gasteiger partial charge in [-0.1, -0.05) is 66.7 Å². The van der Waals surface area contributed by atoms with Gasteiger partial charge >= 0.3 is 0 Å². The van der Waals surface area contributed by atoms with Crippen LogP contribution >= 0.6 is 0 Å². The van der Waals surface area contributed by atoms with Crippen LogP contribution in [-0.4, -0.2) is 23.3 Å². The Labute approximate surface area is 187 Å². The van der Waals surface area contributed by atoms with E-state index in [0.29, 0.717) is 18.5 Å². The van der Waals surface area contributed by atoms with E-state index in [9.17, 15) is 9.59 Å². The van der Waals surface area contributed by atoms with Crippen molar-refractivity contribution in [2.45, 2.75) is 13.3 Å². The zero-order valence-corrected chi connectivity index (χ0v) is 17.9. The first-order chi connectivity index (χ1) is 15.6. The molecule has 5 heteroatoms. The number of rotatable bonds is 7. The minimum absolute atomic E-state index is 0.209. The number of H-pyrrole nitrogens is 1. The van der Waals surface area contributed by atoms with Crippen LogP contribution in [0.4, 0.5) is 0 Å². The number of fused-ring (bicyclic) bond motifs is 1. The van der Waals surface area contributed by atoms with Gasteiger partial charge in [0.05, 0.1) is 0 Å². The Morgan fingerprint density at radius 3 is 2.28 bits per heavy atom. The van der Waals surface area contributed by atoms with Crippen LogP contribution in [0.1, 0.15) is 27.2 Å². The molecule has 0 unspecified atom stereocenters. The van der Waals surface area contributed by atoms with E-state index in [0.717, 1.165) is 22.2 Å². The first-order valence-corrected chi connectivity index (χ1v) is 10.6. The molecule has 0 aliphatic carbocycles. The summed E-state index contributed by atoms with van der Waals surface area (Å²) in [6.07, 6.45) is 2.37. The third-order valence-corrected chi connectivity index (χ3v) is 5.33. The molecule has 2 amide bonds. The Bertz CT molecular complexity index is 1260. The van der Waals surface area contributed by atoms with Crippen molar-refractivity contribution in [2.75, 3.05) is 6.54 Å². The molecule has 5 nitrogen and oxygen atoms in total. The van der Waals surface area contributed by atoms with Crippen molar-refractivity contribution >= 4 is 28.8 Å². The normalized spacial score (nSPS) is 11.3. The maximum absolute atomic E-state index is 13.0. The third kappa shape index (κ3) is 4.95. The largest absolute Gasteiger partial charge is 0.358 e. The highest BCUT2D eigenvalue weighted by molar-refractivity contribution is 6.05. The van der Waals surface area contributed by atoms with Gasteiger partial charge in [-0.3, -0.25) is 9.59 Å². The van der Waals surface area contributed by atoms with Gasteiger partial charge in [0.2, 0.25) is 0 Å². The predicted molar refractivity (Wildman–Crippen MR) is 128 cm³/mol. The van der Waals surface area contributed by atoms with E-state index in [1.54, 1.807) is 30.3 Å². The number of carbonyl (C=O) groups excluding carboxylic acids is 2. The number of aromatic amines is 1. The average Bonchev–Trinajstić information content (AvgIpc) is 3.15. The number of nitrogens with one attached hydrogen (secondary N) is 3. The van der Waals surface area contributed by atoms with Crippen LogP contribution in [0.3, 0.4) is 0 Å². The van der Waals surface area contributed by atoms with E-state index in [-0.39, 0.29) is 17.5 Å². The molecule has 3 N–H and O–H groups in total. The molecular weight excluding hydrogens is 398 g/mol. The molecular formula is C27H25N3O2. The van der Waals surface area contributed by atoms with Gasteiger partial charge in [-0.05, 0) is 48.7 Å². The van der Waals surface area contributed by atoms with Crippen LogP contribution in [0.15, 0.2) is 90.6 Å². The molecule has 0 spiro atoms. The molecule has 0 fully saturated rings. The second-order valence-electron chi connectivity index (χ2n) is 7.57. The fraction of sp³-hybridized carbons (Fsp3) is 0.111. The lowest BCUT2D eigenvalue weighted by molar-refractivity contribution is -0.117. The molecule has 1 heterocycles. The number of carbonyl (C=O) groups is 2. The highest BCUT2D eigenvalue weighted by Gasteiger charge is 2.15. The molecule has 160 valence electrons. The molecule has 4 rings (SSSR count). The number of hydrogen-bond donors (Lipinski definition) is 3. The fourth-order valence-corrected chi connectivity index (χ4v) is 3.71. The lowest BCUT2D eigenvalue weighted by Gasteiger charge is -2.11. The SMILES string of the molecule is Cc1[nH]c2ccccc2c1CCNC(=O)/C(=C/c1ccccc1)NC(=O)c1ccccc1. The summed E-state index contributed by atoms with van der Waals surface area (Å²) in [5, 5.41) is 6.89. The van der Waals surface area contributed by atoms with Crippen LogP contribution in [0.5, 0.6) is 0 Å². The Kier molecular flexibility index (Phi) is 6.46. The van der Waals surface area contributed by atoms with Gasteiger partial charge in [0, 0.05) is 28.7 Å². The topological polar surface area (TPSA) is 74.0 Å². The predicted octanol–water partition coefficient (Wildman–Crippen LogP) is 4.61. The van der Waals surface area contributed by atoms with E-state index in [1.165, 1.54) is 5.56 Å². The number of para-hydroxylation sites is 1. The molecule has 0 bridgehead atoms. The van der Waals surface area contributed by atoms with Gasteiger partial charge in [-0.15, -0.1) is 0 Å². The highest BCUT2D eigenvalue weighted by Crippen LogP contribution is 2.22. The maximum atomic E-state index is 13.0. The smallest absolute Gasteiger partial charge is 0.267 e. The van der Waals surface area contributed by atoms with E-state index >= 15 is 0 Å². The van der Waals surface area contributed by atoms with E-state index in [1.807, 2.05) is 61.5 Å². The monoisotopic (exact) mass is 423 g/mol. The zero-order chi connectivity index (χ0) is 22.3. The summed E-state index contributed by atoms with van der Waals surface area (Å²) in [6, 6.07) is 26.5. The molecule has 0 aliphatic rings. The third-order valence-electron chi connectivity index (χ3n) is 5.33. The van der Waals surface area contributed by atoms with Crippen molar-refractivity contribution in [3.63, 3.8) is 0 Å². The average molecular weight is 424 g/mol. The summed E-state index contributed by atoms with van der Waals surface area (Å²) in [5.74, 6) is -0.647. The molecule has 0 saturated heterocycles. The van der Waals surface area contributed by atoms with Gasteiger partial charge in [0.1, 0.15) is 5.70 Å². The van der Waals surface area contributed by atoms with Crippen molar-refractivity contribution in [3.05, 3.63) is 113 Å². The molecule has 0 saturated carbocycles. The first-order valence-electron chi connectivity index (χ1n) is 10.6. The zero-order valence-electron chi connectivity index (χ0n) is 17.9. The van der Waals surface area contributed by atoms with Crippen LogP contribution in [0, 0.1) is 6.92 Å². The number of aryl methyl sites for hydroxylation is 1. The first kappa shape index (κ1) is 21.1. The maximum Gasteiger partial charge on any atom is 0.267 e. The Hall–Kier alpha value is -4.12. The number of hydrogen-bond acceptors (Lipinski definition) is 2. The lowest BCUT2D eigenvalue weighted by atomic mass is 10.1. The lowest BCUT2D eigenvalue weighted by Crippen LogP contribution is -2.35. The van der Waals surface area contributed by atoms with Gasteiger partial charge in [-0.2, -0.15) is 0 Å². The van der Waals surface area contributed by atoms with Crippen molar-refractivity contribution < 1.29 is 9.59 Å². The number of benzene rings is 3. The quantitative estimate of drug-likeness (QED) is 0.380. The summed E-state index contributed by atoms with van der Waals surface area (Å²) >= 11 is 0. The van der Waals surface area contributed by atoms with Gasteiger partial charge in [0.15, 0.2) is 0 Å². The van der Waals surface area contributed by atoms with Crippen molar-refractivity contribution in [3.8, 4) is 0 Å². The Morgan fingerprint density at radius 2 is 1.53 bits per heavy atom. The molecule has 3 aromatic carbocycles. The minimum atomic E-state index is -0.324. The van der Waals surface area contributed by atoms with Gasteiger partial charge in [0.25, 0.3) is 11.8 Å². The standard InChI is InChI=1S/C27H25N3O2/c1-19-22(23-14-8-9-15-24(23)29-19)16-17-28-27(32)25(18-20-10-4-2-5-11-20)30-26(31)21-12-6-3-7-13-21/h2-15,18,29H,16-17H2,1H3,(H,28,32)(H,30,31)/b25-18-. The summed E-state index contributed by atoms with van der Waals surface area (Å²) in [5.41, 5.74) is 4.90. The van der Waals surface area contributed by atoms with E-state index in [2.05, 4.69) is 21.7 Å². The second kappa shape index (κ2) is 9.79. The van der Waals surface area contributed by atoms with E-state index in [4.69, 9.17) is 0 Å². The number of amides is 2. The summed E-state index contributed by atoms with van der Waals surface area (Å²) in [6.45, 7) is 2.49. The second-order valence-corrected chi connectivity index (χ2v) is 7.57. The number of aromatic nitrogens is 1. The molecule has 0 aliphatic heterocycles. The van der Waals surface area contributed by atoms with Gasteiger partial charge in [-0.25, -0.2) is 0 Å². The summed E-state index contributed by atoms with van der Waals surface area (Å²) < 4.78 is 0. The van der Waals surface area contributed by atoms with Crippen molar-refractivity contribution in [2.24, 2.45) is 0 Å². The minimum Gasteiger partial charge on any atom is -0.358 e. The summed E-state index contributed by atoms with van der Waals surface area (Å²) in [4.78, 5) is 29.0. The van der Waals surface area contributed by atoms with Gasteiger partial charge < -0.3 is 15.6 Å². The van der Waals surface area contributed by atoms with Crippen molar-refractivity contribution in [1.29, 1.82) is 0 Å². The fourth-order valence-electron chi connectivity index (χ4n) is 3.71. The molecule has 0 radical (unpaired) electrons.